The Morgan fingerprint density at radius 3 is 2.76 bits per heavy atom. The fourth-order valence-electron chi connectivity index (χ4n) is 3.19. The van der Waals surface area contributed by atoms with Crippen LogP contribution in [0.25, 0.3) is 11.1 Å². The molecule has 29 heavy (non-hydrogen) atoms. The number of pyridine rings is 1. The topological polar surface area (TPSA) is 87.4 Å². The average molecular weight is 386 g/mol. The SMILES string of the molecule is COc1cc2c(cc1-c1ccccc1F)NC(=O)CC(c1ccnc(C#N)c1)=N2. The first-order valence-corrected chi connectivity index (χ1v) is 8.80. The van der Waals surface area contributed by atoms with Gasteiger partial charge in [0.2, 0.25) is 5.91 Å². The molecule has 0 bridgehead atoms. The standard InChI is InChI=1S/C22H15FN4O2/c1-29-21-10-20-19(9-16(21)15-4-2-3-5-17(15)23)27-22(28)11-18(26-20)13-6-7-25-14(8-13)12-24/h2-10H,11H2,1H3,(H,27,28). The van der Waals surface area contributed by atoms with Crippen LogP contribution < -0.4 is 10.1 Å². The van der Waals surface area contributed by atoms with Gasteiger partial charge in [0, 0.05) is 29.0 Å². The lowest BCUT2D eigenvalue weighted by atomic mass is 10.0. The number of nitrogens with zero attached hydrogens (tertiary/aromatic N) is 3. The highest BCUT2D eigenvalue weighted by molar-refractivity contribution is 6.17. The van der Waals surface area contributed by atoms with E-state index in [2.05, 4.69) is 15.3 Å². The molecule has 7 heteroatoms. The van der Waals surface area contributed by atoms with E-state index in [1.54, 1.807) is 42.5 Å². The van der Waals surface area contributed by atoms with Gasteiger partial charge in [0.25, 0.3) is 0 Å². The maximum Gasteiger partial charge on any atom is 0.230 e. The number of hydrogen-bond donors (Lipinski definition) is 1. The molecule has 0 atom stereocenters. The summed E-state index contributed by atoms with van der Waals surface area (Å²) >= 11 is 0. The summed E-state index contributed by atoms with van der Waals surface area (Å²) in [4.78, 5) is 21.0. The van der Waals surface area contributed by atoms with Crippen molar-refractivity contribution in [1.29, 1.82) is 5.26 Å². The summed E-state index contributed by atoms with van der Waals surface area (Å²) < 4.78 is 19.8. The number of hydrogen-bond acceptors (Lipinski definition) is 5. The predicted molar refractivity (Wildman–Crippen MR) is 107 cm³/mol. The second-order valence-electron chi connectivity index (χ2n) is 6.37. The summed E-state index contributed by atoms with van der Waals surface area (Å²) in [6.45, 7) is 0. The molecule has 6 nitrogen and oxygen atoms in total. The van der Waals surface area contributed by atoms with Crippen molar-refractivity contribution in [2.24, 2.45) is 4.99 Å². The minimum atomic E-state index is -0.393. The van der Waals surface area contributed by atoms with Crippen LogP contribution in [0.1, 0.15) is 17.7 Å². The molecule has 1 aliphatic rings. The van der Waals surface area contributed by atoms with Gasteiger partial charge in [-0.15, -0.1) is 0 Å². The van der Waals surface area contributed by atoms with E-state index in [0.717, 1.165) is 0 Å². The lowest BCUT2D eigenvalue weighted by Crippen LogP contribution is -2.15. The van der Waals surface area contributed by atoms with Gasteiger partial charge in [-0.2, -0.15) is 5.26 Å². The molecular weight excluding hydrogens is 371 g/mol. The Balaban J connectivity index is 1.87. The number of aliphatic imine (C=N–C) groups is 1. The highest BCUT2D eigenvalue weighted by atomic mass is 19.1. The molecule has 1 amide bonds. The zero-order valence-corrected chi connectivity index (χ0v) is 15.4. The van der Waals surface area contributed by atoms with Crippen molar-refractivity contribution >= 4 is 23.0 Å². The maximum absolute atomic E-state index is 14.3. The Bertz CT molecular complexity index is 1200. The van der Waals surface area contributed by atoms with E-state index in [9.17, 15) is 9.18 Å². The minimum absolute atomic E-state index is 0.0287. The third-order valence-electron chi connectivity index (χ3n) is 4.55. The largest absolute Gasteiger partial charge is 0.496 e. The van der Waals surface area contributed by atoms with Crippen molar-refractivity contribution in [2.45, 2.75) is 6.42 Å². The smallest absolute Gasteiger partial charge is 0.230 e. The van der Waals surface area contributed by atoms with Gasteiger partial charge in [-0.1, -0.05) is 18.2 Å². The molecule has 2 aromatic carbocycles. The molecule has 0 radical (unpaired) electrons. The molecule has 0 unspecified atom stereocenters. The van der Waals surface area contributed by atoms with Crippen LogP contribution in [0.2, 0.25) is 0 Å². The van der Waals surface area contributed by atoms with Crippen molar-refractivity contribution in [2.75, 3.05) is 12.4 Å². The summed E-state index contributed by atoms with van der Waals surface area (Å²) in [6, 6.07) is 14.9. The van der Waals surface area contributed by atoms with Crippen molar-refractivity contribution in [3.63, 3.8) is 0 Å². The lowest BCUT2D eigenvalue weighted by Gasteiger charge is -2.14. The molecule has 142 valence electrons. The number of methoxy groups -OCH3 is 1. The molecule has 0 fully saturated rings. The first-order chi connectivity index (χ1) is 14.1. The van der Waals surface area contributed by atoms with Gasteiger partial charge >= 0.3 is 0 Å². The van der Waals surface area contributed by atoms with E-state index in [4.69, 9.17) is 10.00 Å². The normalized spacial score (nSPS) is 12.9. The Morgan fingerprint density at radius 2 is 2.00 bits per heavy atom. The van der Waals surface area contributed by atoms with Crippen LogP contribution in [0.15, 0.2) is 59.7 Å². The van der Waals surface area contributed by atoms with Gasteiger partial charge in [0.1, 0.15) is 23.3 Å². The Morgan fingerprint density at radius 1 is 1.17 bits per heavy atom. The first-order valence-electron chi connectivity index (χ1n) is 8.80. The molecule has 1 aliphatic heterocycles. The zero-order valence-electron chi connectivity index (χ0n) is 15.4. The van der Waals surface area contributed by atoms with Crippen LogP contribution in [0.4, 0.5) is 15.8 Å². The van der Waals surface area contributed by atoms with Crippen LogP contribution in [-0.2, 0) is 4.79 Å². The minimum Gasteiger partial charge on any atom is -0.496 e. The second-order valence-corrected chi connectivity index (χ2v) is 6.37. The molecule has 0 saturated heterocycles. The number of ether oxygens (including phenoxy) is 1. The van der Waals surface area contributed by atoms with Crippen LogP contribution >= 0.6 is 0 Å². The van der Waals surface area contributed by atoms with E-state index >= 15 is 0 Å². The highest BCUT2D eigenvalue weighted by Crippen LogP contribution is 2.41. The maximum atomic E-state index is 14.3. The van der Waals surface area contributed by atoms with Crippen molar-refractivity contribution in [3.8, 4) is 22.9 Å². The predicted octanol–water partition coefficient (Wildman–Crippen LogP) is 4.23. The molecular formula is C22H15FN4O2. The summed E-state index contributed by atoms with van der Waals surface area (Å²) in [5.41, 5.74) is 3.19. The number of fused-ring (bicyclic) bond motifs is 1. The van der Waals surface area contributed by atoms with Crippen molar-refractivity contribution in [3.05, 3.63) is 71.8 Å². The van der Waals surface area contributed by atoms with Gasteiger partial charge in [-0.3, -0.25) is 4.79 Å². The Labute approximate surface area is 166 Å². The number of halogens is 1. The number of benzene rings is 2. The fraction of sp³-hybridized carbons (Fsp3) is 0.0909. The molecule has 1 N–H and O–H groups in total. The van der Waals surface area contributed by atoms with Crippen molar-refractivity contribution in [1.82, 2.24) is 4.98 Å². The quantitative estimate of drug-likeness (QED) is 0.730. The first kappa shape index (κ1) is 18.3. The third-order valence-corrected chi connectivity index (χ3v) is 4.55. The second kappa shape index (κ2) is 7.52. The van der Waals surface area contributed by atoms with E-state index in [-0.39, 0.29) is 18.0 Å². The Hall–Kier alpha value is -4.05. The number of aromatic nitrogens is 1. The number of carbonyl (C=O) groups is 1. The number of rotatable bonds is 3. The highest BCUT2D eigenvalue weighted by Gasteiger charge is 2.21. The lowest BCUT2D eigenvalue weighted by molar-refractivity contribution is -0.115. The van der Waals surface area contributed by atoms with Crippen LogP contribution in [0.3, 0.4) is 0 Å². The number of nitriles is 1. The van der Waals surface area contributed by atoms with Crippen LogP contribution in [0, 0.1) is 17.1 Å². The summed E-state index contributed by atoms with van der Waals surface area (Å²) in [6.07, 6.45) is 1.53. The van der Waals surface area contributed by atoms with Gasteiger partial charge in [0.05, 0.1) is 30.6 Å². The number of nitrogens with one attached hydrogen (secondary N) is 1. The average Bonchev–Trinajstić information content (AvgIpc) is 2.90. The van der Waals surface area contributed by atoms with Gasteiger partial charge in [0.15, 0.2) is 0 Å². The molecule has 1 aromatic heterocycles. The van der Waals surface area contributed by atoms with E-state index in [1.807, 2.05) is 6.07 Å². The zero-order chi connectivity index (χ0) is 20.4. The van der Waals surface area contributed by atoms with Gasteiger partial charge < -0.3 is 10.1 Å². The third kappa shape index (κ3) is 3.56. The molecule has 2 heterocycles. The van der Waals surface area contributed by atoms with Crippen molar-refractivity contribution < 1.29 is 13.9 Å². The van der Waals surface area contributed by atoms with Gasteiger partial charge in [-0.25, -0.2) is 14.4 Å². The monoisotopic (exact) mass is 386 g/mol. The molecule has 0 saturated carbocycles. The number of carbonyl (C=O) groups excluding carboxylic acids is 1. The van der Waals surface area contributed by atoms with E-state index < -0.39 is 5.82 Å². The summed E-state index contributed by atoms with van der Waals surface area (Å²) in [7, 11) is 1.49. The fourth-order valence-corrected chi connectivity index (χ4v) is 3.19. The van der Waals surface area contributed by atoms with E-state index in [0.29, 0.717) is 39.5 Å². The number of amides is 1. The number of anilines is 1. The molecule has 0 aliphatic carbocycles. The Kier molecular flexibility index (Phi) is 4.75. The molecule has 4 rings (SSSR count). The van der Waals surface area contributed by atoms with E-state index in [1.165, 1.54) is 19.4 Å². The summed E-state index contributed by atoms with van der Waals surface area (Å²) in [5, 5.41) is 11.9. The molecule has 0 spiro atoms. The van der Waals surface area contributed by atoms with Gasteiger partial charge in [-0.05, 0) is 24.3 Å². The summed E-state index contributed by atoms with van der Waals surface area (Å²) in [5.74, 6) is -0.223. The molecule has 3 aromatic rings. The van der Waals surface area contributed by atoms with Crippen LogP contribution in [0.5, 0.6) is 5.75 Å². The van der Waals surface area contributed by atoms with Crippen LogP contribution in [-0.4, -0.2) is 23.7 Å².